The van der Waals surface area contributed by atoms with Gasteiger partial charge in [-0.3, -0.25) is 0 Å². The molecule has 102 valence electrons. The van der Waals surface area contributed by atoms with E-state index in [4.69, 9.17) is 46.4 Å². The Bertz CT molecular complexity index is 565. The standard InChI is InChI=1S/C14H11BrCl4/c1-5(2)14(15)6-3-4-7(14)9-8(6)10(16)12(18)13(19)11(9)17/h6-7H,1,3-4H2,2H3/t6-,7+,14?. The van der Waals surface area contributed by atoms with Crippen molar-refractivity contribution in [3.8, 4) is 0 Å². The maximum absolute atomic E-state index is 6.42. The van der Waals surface area contributed by atoms with Gasteiger partial charge in [-0.2, -0.15) is 0 Å². The summed E-state index contributed by atoms with van der Waals surface area (Å²) in [6.45, 7) is 6.18. The van der Waals surface area contributed by atoms with Gasteiger partial charge in [-0.1, -0.05) is 74.5 Å². The van der Waals surface area contributed by atoms with Crippen molar-refractivity contribution in [3.05, 3.63) is 43.4 Å². The van der Waals surface area contributed by atoms with Gasteiger partial charge in [0, 0.05) is 11.8 Å². The fourth-order valence-corrected chi connectivity index (χ4v) is 5.71. The predicted octanol–water partition coefficient (Wildman–Crippen LogP) is 6.98. The first-order valence-electron chi connectivity index (χ1n) is 6.02. The van der Waals surface area contributed by atoms with E-state index in [-0.39, 0.29) is 16.2 Å². The van der Waals surface area contributed by atoms with Gasteiger partial charge >= 0.3 is 0 Å². The first-order chi connectivity index (χ1) is 8.81. The first-order valence-corrected chi connectivity index (χ1v) is 8.32. The molecular formula is C14H11BrCl4. The van der Waals surface area contributed by atoms with Crippen molar-refractivity contribution in [2.24, 2.45) is 0 Å². The van der Waals surface area contributed by atoms with E-state index >= 15 is 0 Å². The van der Waals surface area contributed by atoms with Crippen LogP contribution in [0.1, 0.15) is 42.7 Å². The quantitative estimate of drug-likeness (QED) is 0.206. The Morgan fingerprint density at radius 2 is 1.37 bits per heavy atom. The maximum Gasteiger partial charge on any atom is 0.0796 e. The average molecular weight is 401 g/mol. The molecule has 2 aliphatic carbocycles. The number of hydrogen-bond acceptors (Lipinski definition) is 0. The molecule has 3 rings (SSSR count). The Morgan fingerprint density at radius 3 is 1.68 bits per heavy atom. The Kier molecular flexibility index (Phi) is 3.48. The van der Waals surface area contributed by atoms with Gasteiger partial charge in [-0.25, -0.2) is 0 Å². The Labute approximate surface area is 141 Å². The van der Waals surface area contributed by atoms with Gasteiger partial charge in [0.2, 0.25) is 0 Å². The molecule has 1 saturated carbocycles. The summed E-state index contributed by atoms with van der Waals surface area (Å²) in [7, 11) is 0. The highest BCUT2D eigenvalue weighted by Crippen LogP contribution is 2.69. The van der Waals surface area contributed by atoms with Crippen molar-refractivity contribution in [2.75, 3.05) is 0 Å². The minimum atomic E-state index is -0.170. The first kappa shape index (κ1) is 14.5. The monoisotopic (exact) mass is 398 g/mol. The molecule has 2 aliphatic rings. The molecule has 19 heavy (non-hydrogen) atoms. The van der Waals surface area contributed by atoms with E-state index in [2.05, 4.69) is 22.5 Å². The molecule has 1 fully saturated rings. The van der Waals surface area contributed by atoms with Gasteiger partial charge in [0.25, 0.3) is 0 Å². The van der Waals surface area contributed by atoms with Crippen molar-refractivity contribution < 1.29 is 0 Å². The lowest BCUT2D eigenvalue weighted by atomic mass is 9.89. The second kappa shape index (κ2) is 4.55. The summed E-state index contributed by atoms with van der Waals surface area (Å²) in [6, 6.07) is 0. The number of fused-ring (bicyclic) bond motifs is 5. The molecule has 0 saturated heterocycles. The molecule has 0 N–H and O–H groups in total. The molecule has 0 radical (unpaired) electrons. The highest BCUT2D eigenvalue weighted by atomic mass is 79.9. The van der Waals surface area contributed by atoms with Crippen LogP contribution in [0.2, 0.25) is 20.1 Å². The van der Waals surface area contributed by atoms with Crippen LogP contribution in [-0.2, 0) is 0 Å². The molecule has 0 spiro atoms. The lowest BCUT2D eigenvalue weighted by Crippen LogP contribution is -2.25. The van der Waals surface area contributed by atoms with Crippen molar-refractivity contribution in [2.45, 2.75) is 35.9 Å². The van der Waals surface area contributed by atoms with E-state index in [1.807, 2.05) is 6.92 Å². The zero-order valence-corrected chi connectivity index (χ0v) is 14.8. The Balaban J connectivity index is 2.35. The van der Waals surface area contributed by atoms with Crippen LogP contribution in [0.15, 0.2) is 12.2 Å². The molecule has 1 aromatic carbocycles. The largest absolute Gasteiger partial charge is 0.0987 e. The second-order valence-corrected chi connectivity index (χ2v) is 8.14. The van der Waals surface area contributed by atoms with Crippen LogP contribution in [0.5, 0.6) is 0 Å². The zero-order valence-electron chi connectivity index (χ0n) is 10.2. The van der Waals surface area contributed by atoms with Crippen LogP contribution in [0.25, 0.3) is 0 Å². The van der Waals surface area contributed by atoms with Gasteiger partial charge in [-0.05, 0) is 30.9 Å². The van der Waals surface area contributed by atoms with E-state index in [0.717, 1.165) is 29.5 Å². The zero-order chi connectivity index (χ0) is 14.1. The second-order valence-electron chi connectivity index (χ2n) is 5.31. The van der Waals surface area contributed by atoms with Crippen LogP contribution in [0.3, 0.4) is 0 Å². The summed E-state index contributed by atoms with van der Waals surface area (Å²) in [4.78, 5) is 0. The molecule has 0 heterocycles. The molecule has 1 aromatic rings. The molecule has 5 heteroatoms. The van der Waals surface area contributed by atoms with Gasteiger partial charge in [0.1, 0.15) is 0 Å². The molecule has 1 unspecified atom stereocenters. The Morgan fingerprint density at radius 1 is 1.00 bits per heavy atom. The summed E-state index contributed by atoms with van der Waals surface area (Å²) in [5.41, 5.74) is 3.20. The van der Waals surface area contributed by atoms with E-state index in [1.165, 1.54) is 0 Å². The van der Waals surface area contributed by atoms with Crippen LogP contribution in [0.4, 0.5) is 0 Å². The minimum Gasteiger partial charge on any atom is -0.0987 e. The molecular weight excluding hydrogens is 390 g/mol. The third kappa shape index (κ3) is 1.66. The summed E-state index contributed by atoms with van der Waals surface area (Å²) in [5, 5.41) is 1.80. The third-order valence-electron chi connectivity index (χ3n) is 4.45. The highest BCUT2D eigenvalue weighted by Gasteiger charge is 2.58. The van der Waals surface area contributed by atoms with Crippen molar-refractivity contribution in [1.29, 1.82) is 0 Å². The lowest BCUT2D eigenvalue weighted by molar-refractivity contribution is 0.630. The molecule has 3 atom stereocenters. The van der Waals surface area contributed by atoms with Crippen LogP contribution in [0, 0.1) is 0 Å². The molecule has 0 aromatic heterocycles. The lowest BCUT2D eigenvalue weighted by Gasteiger charge is -2.28. The smallest absolute Gasteiger partial charge is 0.0796 e. The van der Waals surface area contributed by atoms with E-state index in [9.17, 15) is 0 Å². The summed E-state index contributed by atoms with van der Waals surface area (Å²) in [6.07, 6.45) is 2.12. The molecule has 0 amide bonds. The number of halogens is 5. The fraction of sp³-hybridized carbons (Fsp3) is 0.429. The number of alkyl halides is 1. The number of allylic oxidation sites excluding steroid dienone is 1. The van der Waals surface area contributed by atoms with Gasteiger partial charge in [0.15, 0.2) is 0 Å². The minimum absolute atomic E-state index is 0.170. The van der Waals surface area contributed by atoms with E-state index in [0.29, 0.717) is 20.1 Å². The summed E-state index contributed by atoms with van der Waals surface area (Å²) in [5.74, 6) is 0.537. The van der Waals surface area contributed by atoms with Crippen LogP contribution < -0.4 is 0 Å². The predicted molar refractivity (Wildman–Crippen MR) is 87.7 cm³/mol. The third-order valence-corrected chi connectivity index (χ3v) is 8.06. The van der Waals surface area contributed by atoms with E-state index < -0.39 is 0 Å². The Hall–Kier alpha value is 0.600. The highest BCUT2D eigenvalue weighted by molar-refractivity contribution is 9.10. The number of benzene rings is 1. The SMILES string of the molecule is C=C(C)C1(Br)[C@@H]2CC[C@H]1c1c(Cl)c(Cl)c(Cl)c(Cl)c12. The average Bonchev–Trinajstić information content (AvgIpc) is 2.84. The van der Waals surface area contributed by atoms with Gasteiger partial charge in [0.05, 0.1) is 24.4 Å². The normalized spacial score (nSPS) is 31.7. The van der Waals surface area contributed by atoms with Gasteiger partial charge in [-0.15, -0.1) is 0 Å². The van der Waals surface area contributed by atoms with Crippen LogP contribution >= 0.6 is 62.3 Å². The van der Waals surface area contributed by atoms with Crippen LogP contribution in [-0.4, -0.2) is 4.32 Å². The van der Waals surface area contributed by atoms with Crippen molar-refractivity contribution >= 4 is 62.3 Å². The number of rotatable bonds is 1. The number of hydrogen-bond donors (Lipinski definition) is 0. The molecule has 2 bridgehead atoms. The molecule has 0 aliphatic heterocycles. The fourth-order valence-electron chi connectivity index (χ4n) is 3.65. The van der Waals surface area contributed by atoms with E-state index in [1.54, 1.807) is 0 Å². The molecule has 0 nitrogen and oxygen atoms in total. The maximum atomic E-state index is 6.42. The van der Waals surface area contributed by atoms with Gasteiger partial charge < -0.3 is 0 Å². The summed E-state index contributed by atoms with van der Waals surface area (Å²) >= 11 is 29.1. The van der Waals surface area contributed by atoms with Crippen molar-refractivity contribution in [3.63, 3.8) is 0 Å². The van der Waals surface area contributed by atoms with Crippen molar-refractivity contribution in [1.82, 2.24) is 0 Å². The topological polar surface area (TPSA) is 0 Å². The summed E-state index contributed by atoms with van der Waals surface area (Å²) < 4.78 is -0.170.